The molecule has 4 heteroatoms. The number of hydrogen-bond acceptors (Lipinski definition) is 3. The SMILES string of the molecule is CCSCCCOc1cc(F)ccc1C(C)O. The van der Waals surface area contributed by atoms with Crippen molar-refractivity contribution in [3.8, 4) is 5.75 Å². The molecule has 1 aromatic rings. The van der Waals surface area contributed by atoms with E-state index in [4.69, 9.17) is 4.74 Å². The lowest BCUT2D eigenvalue weighted by Gasteiger charge is -2.13. The molecule has 0 saturated heterocycles. The normalized spacial score (nSPS) is 12.5. The van der Waals surface area contributed by atoms with Crippen LogP contribution in [0.5, 0.6) is 5.75 Å². The van der Waals surface area contributed by atoms with Crippen LogP contribution in [-0.4, -0.2) is 23.2 Å². The second-order valence-electron chi connectivity index (χ2n) is 3.76. The van der Waals surface area contributed by atoms with E-state index in [-0.39, 0.29) is 5.82 Å². The fourth-order valence-corrected chi connectivity index (χ4v) is 2.08. The number of hydrogen-bond donors (Lipinski definition) is 1. The highest BCUT2D eigenvalue weighted by Gasteiger charge is 2.10. The molecule has 17 heavy (non-hydrogen) atoms. The molecule has 1 atom stereocenters. The summed E-state index contributed by atoms with van der Waals surface area (Å²) in [6.07, 6.45) is 0.282. The van der Waals surface area contributed by atoms with E-state index >= 15 is 0 Å². The van der Waals surface area contributed by atoms with Gasteiger partial charge in [-0.1, -0.05) is 6.92 Å². The summed E-state index contributed by atoms with van der Waals surface area (Å²) in [7, 11) is 0. The minimum atomic E-state index is -0.643. The van der Waals surface area contributed by atoms with Gasteiger partial charge >= 0.3 is 0 Å². The molecule has 0 aromatic heterocycles. The molecular weight excluding hydrogens is 239 g/mol. The third-order valence-electron chi connectivity index (χ3n) is 2.32. The Labute approximate surface area is 106 Å². The second kappa shape index (κ2) is 7.56. The topological polar surface area (TPSA) is 29.5 Å². The fourth-order valence-electron chi connectivity index (χ4n) is 1.47. The average Bonchev–Trinajstić information content (AvgIpc) is 2.28. The van der Waals surface area contributed by atoms with Crippen molar-refractivity contribution in [2.75, 3.05) is 18.1 Å². The van der Waals surface area contributed by atoms with Gasteiger partial charge in [-0.05, 0) is 37.0 Å². The second-order valence-corrected chi connectivity index (χ2v) is 5.15. The first-order valence-corrected chi connectivity index (χ1v) is 6.98. The monoisotopic (exact) mass is 258 g/mol. The maximum atomic E-state index is 13.1. The van der Waals surface area contributed by atoms with Crippen molar-refractivity contribution in [1.82, 2.24) is 0 Å². The Morgan fingerprint density at radius 1 is 1.47 bits per heavy atom. The van der Waals surface area contributed by atoms with Crippen LogP contribution in [-0.2, 0) is 0 Å². The zero-order valence-corrected chi connectivity index (χ0v) is 11.1. The third kappa shape index (κ3) is 4.96. The lowest BCUT2D eigenvalue weighted by Crippen LogP contribution is -2.03. The molecule has 0 radical (unpaired) electrons. The van der Waals surface area contributed by atoms with E-state index in [1.54, 1.807) is 13.0 Å². The fraction of sp³-hybridized carbons (Fsp3) is 0.538. The number of rotatable bonds is 7. The Bertz CT molecular complexity index is 342. The van der Waals surface area contributed by atoms with Crippen LogP contribution in [0.1, 0.15) is 31.9 Å². The van der Waals surface area contributed by atoms with Gasteiger partial charge in [0.2, 0.25) is 0 Å². The largest absolute Gasteiger partial charge is 0.493 e. The highest BCUT2D eigenvalue weighted by Crippen LogP contribution is 2.26. The molecular formula is C13H19FO2S. The summed E-state index contributed by atoms with van der Waals surface area (Å²) in [5.74, 6) is 2.24. The molecule has 0 spiro atoms. The van der Waals surface area contributed by atoms with Crippen LogP contribution in [0.2, 0.25) is 0 Å². The molecule has 2 nitrogen and oxygen atoms in total. The Morgan fingerprint density at radius 2 is 2.24 bits per heavy atom. The van der Waals surface area contributed by atoms with E-state index in [0.29, 0.717) is 17.9 Å². The van der Waals surface area contributed by atoms with Gasteiger partial charge in [0.15, 0.2) is 0 Å². The van der Waals surface area contributed by atoms with E-state index in [1.165, 1.54) is 12.1 Å². The average molecular weight is 258 g/mol. The first kappa shape index (κ1) is 14.3. The van der Waals surface area contributed by atoms with Gasteiger partial charge in [-0.3, -0.25) is 0 Å². The van der Waals surface area contributed by atoms with Crippen molar-refractivity contribution in [2.24, 2.45) is 0 Å². The maximum absolute atomic E-state index is 13.1. The molecule has 1 unspecified atom stereocenters. The number of aliphatic hydroxyl groups excluding tert-OH is 1. The Kier molecular flexibility index (Phi) is 6.37. The molecule has 0 saturated carbocycles. The molecule has 0 bridgehead atoms. The Hall–Kier alpha value is -0.740. The maximum Gasteiger partial charge on any atom is 0.127 e. The summed E-state index contributed by atoms with van der Waals surface area (Å²) in [6.45, 7) is 4.31. The predicted molar refractivity (Wildman–Crippen MR) is 70.1 cm³/mol. The molecule has 0 aliphatic rings. The number of thioether (sulfide) groups is 1. The molecule has 1 aromatic carbocycles. The lowest BCUT2D eigenvalue weighted by atomic mass is 10.1. The zero-order valence-electron chi connectivity index (χ0n) is 10.3. The van der Waals surface area contributed by atoms with Crippen molar-refractivity contribution < 1.29 is 14.2 Å². The molecule has 0 aliphatic carbocycles. The minimum Gasteiger partial charge on any atom is -0.493 e. The van der Waals surface area contributed by atoms with Gasteiger partial charge in [-0.25, -0.2) is 4.39 Å². The summed E-state index contributed by atoms with van der Waals surface area (Å²) < 4.78 is 18.6. The summed E-state index contributed by atoms with van der Waals surface area (Å²) in [5, 5.41) is 9.53. The van der Waals surface area contributed by atoms with Gasteiger partial charge < -0.3 is 9.84 Å². The Morgan fingerprint density at radius 3 is 2.88 bits per heavy atom. The highest BCUT2D eigenvalue weighted by atomic mass is 32.2. The summed E-state index contributed by atoms with van der Waals surface area (Å²) in [5.41, 5.74) is 0.634. The molecule has 0 heterocycles. The molecule has 0 aliphatic heterocycles. The van der Waals surface area contributed by atoms with Gasteiger partial charge in [0.25, 0.3) is 0 Å². The molecule has 0 fully saturated rings. The van der Waals surface area contributed by atoms with Crippen LogP contribution in [0.4, 0.5) is 4.39 Å². The van der Waals surface area contributed by atoms with Gasteiger partial charge in [0, 0.05) is 11.6 Å². The van der Waals surface area contributed by atoms with E-state index < -0.39 is 6.10 Å². The van der Waals surface area contributed by atoms with Gasteiger partial charge in [-0.15, -0.1) is 0 Å². The van der Waals surface area contributed by atoms with Crippen LogP contribution in [0.15, 0.2) is 18.2 Å². The third-order valence-corrected chi connectivity index (χ3v) is 3.31. The van der Waals surface area contributed by atoms with E-state index in [0.717, 1.165) is 17.9 Å². The van der Waals surface area contributed by atoms with E-state index in [9.17, 15) is 9.50 Å². The van der Waals surface area contributed by atoms with Gasteiger partial charge in [0.1, 0.15) is 11.6 Å². The van der Waals surface area contributed by atoms with Crippen molar-refractivity contribution in [3.05, 3.63) is 29.6 Å². The number of aliphatic hydroxyl groups is 1. The van der Waals surface area contributed by atoms with Crippen LogP contribution in [0, 0.1) is 5.82 Å². The van der Waals surface area contributed by atoms with E-state index in [2.05, 4.69) is 6.92 Å². The van der Waals surface area contributed by atoms with Crippen molar-refractivity contribution >= 4 is 11.8 Å². The zero-order chi connectivity index (χ0) is 12.7. The molecule has 1 N–H and O–H groups in total. The summed E-state index contributed by atoms with van der Waals surface area (Å²) in [4.78, 5) is 0. The smallest absolute Gasteiger partial charge is 0.127 e. The Balaban J connectivity index is 2.53. The highest BCUT2D eigenvalue weighted by molar-refractivity contribution is 7.99. The van der Waals surface area contributed by atoms with Crippen molar-refractivity contribution in [1.29, 1.82) is 0 Å². The van der Waals surface area contributed by atoms with Crippen molar-refractivity contribution in [3.63, 3.8) is 0 Å². The summed E-state index contributed by atoms with van der Waals surface area (Å²) in [6, 6.07) is 4.23. The van der Waals surface area contributed by atoms with E-state index in [1.807, 2.05) is 11.8 Å². The number of ether oxygens (including phenoxy) is 1. The predicted octanol–water partition coefficient (Wildman–Crippen LogP) is 3.40. The first-order valence-electron chi connectivity index (χ1n) is 5.83. The molecule has 96 valence electrons. The van der Waals surface area contributed by atoms with Gasteiger partial charge in [-0.2, -0.15) is 11.8 Å². The molecule has 1 rings (SSSR count). The van der Waals surface area contributed by atoms with Crippen LogP contribution in [0.3, 0.4) is 0 Å². The minimum absolute atomic E-state index is 0.340. The van der Waals surface area contributed by atoms with Gasteiger partial charge in [0.05, 0.1) is 12.7 Å². The number of benzene rings is 1. The molecule has 0 amide bonds. The lowest BCUT2D eigenvalue weighted by molar-refractivity contribution is 0.191. The van der Waals surface area contributed by atoms with Crippen LogP contribution < -0.4 is 4.74 Å². The first-order chi connectivity index (χ1) is 8.15. The standard InChI is InChI=1S/C13H19FO2S/c1-3-17-8-4-7-16-13-9-11(14)5-6-12(13)10(2)15/h5-6,9-10,15H,3-4,7-8H2,1-2H3. The van der Waals surface area contributed by atoms with Crippen LogP contribution >= 0.6 is 11.8 Å². The van der Waals surface area contributed by atoms with Crippen LogP contribution in [0.25, 0.3) is 0 Å². The quantitative estimate of drug-likeness (QED) is 0.760. The summed E-state index contributed by atoms with van der Waals surface area (Å²) >= 11 is 1.85. The number of halogens is 1. The van der Waals surface area contributed by atoms with Crippen molar-refractivity contribution in [2.45, 2.75) is 26.4 Å².